The van der Waals surface area contributed by atoms with E-state index in [4.69, 9.17) is 4.74 Å². The number of likely N-dealkylation sites (tertiary alicyclic amines) is 1. The quantitative estimate of drug-likeness (QED) is 0.278. The molecule has 1 spiro atoms. The summed E-state index contributed by atoms with van der Waals surface area (Å²) >= 11 is 0. The Bertz CT molecular complexity index is 1900. The number of imide groups is 1. The minimum Gasteiger partial charge on any atom is -0.376 e. The van der Waals surface area contributed by atoms with Gasteiger partial charge in [-0.3, -0.25) is 19.2 Å². The van der Waals surface area contributed by atoms with Crippen molar-refractivity contribution in [1.29, 1.82) is 0 Å². The van der Waals surface area contributed by atoms with Crippen LogP contribution in [0.1, 0.15) is 35.6 Å². The molecule has 10 nitrogen and oxygen atoms in total. The second-order valence-corrected chi connectivity index (χ2v) is 13.5. The second-order valence-electron chi connectivity index (χ2n) is 13.5. The molecule has 51 heavy (non-hydrogen) atoms. The summed E-state index contributed by atoms with van der Waals surface area (Å²) in [5.74, 6) is -10.1. The molecule has 3 aromatic rings. The van der Waals surface area contributed by atoms with Crippen molar-refractivity contribution in [3.8, 4) is 11.1 Å². The lowest BCUT2D eigenvalue weighted by atomic mass is 9.90. The first-order valence-corrected chi connectivity index (χ1v) is 15.8. The molecule has 7 rings (SSSR count). The van der Waals surface area contributed by atoms with E-state index in [0.29, 0.717) is 16.3 Å². The number of halogens is 8. The van der Waals surface area contributed by atoms with Crippen LogP contribution in [0.5, 0.6) is 0 Å². The molecule has 0 bridgehead atoms. The maximum atomic E-state index is 15.7. The number of hydrogen-bond donors (Lipinski definition) is 1. The molecule has 3 saturated heterocycles. The van der Waals surface area contributed by atoms with Gasteiger partial charge in [0, 0.05) is 30.4 Å². The largest absolute Gasteiger partial charge is 0.416 e. The fraction of sp³-hybridized carbons (Fsp3) is 0.455. The number of nitrogens with zero attached hydrogens (tertiary/aromatic N) is 5. The highest BCUT2D eigenvalue weighted by Crippen LogP contribution is 2.54. The van der Waals surface area contributed by atoms with Crippen molar-refractivity contribution in [2.24, 2.45) is 0 Å². The minimum absolute atomic E-state index is 0.102. The number of fused-ring (bicyclic) bond motifs is 2. The molecule has 1 unspecified atom stereocenters. The summed E-state index contributed by atoms with van der Waals surface area (Å²) in [6.07, 6.45) is -3.57. The number of urea groups is 1. The van der Waals surface area contributed by atoms with Gasteiger partial charge in [0.15, 0.2) is 11.1 Å². The monoisotopic (exact) mass is 726 g/mol. The predicted molar refractivity (Wildman–Crippen MR) is 161 cm³/mol. The number of rotatable bonds is 7. The van der Waals surface area contributed by atoms with Gasteiger partial charge in [0.2, 0.25) is 5.91 Å². The average Bonchev–Trinajstić information content (AvgIpc) is 3.65. The van der Waals surface area contributed by atoms with Crippen molar-refractivity contribution in [2.45, 2.75) is 54.5 Å². The van der Waals surface area contributed by atoms with Crippen molar-refractivity contribution < 1.29 is 54.2 Å². The van der Waals surface area contributed by atoms with Crippen LogP contribution >= 0.6 is 0 Å². The van der Waals surface area contributed by atoms with Crippen molar-refractivity contribution in [2.75, 3.05) is 39.9 Å². The van der Waals surface area contributed by atoms with Crippen LogP contribution in [0.2, 0.25) is 0 Å². The van der Waals surface area contributed by atoms with Crippen LogP contribution in [-0.4, -0.2) is 99.9 Å². The Morgan fingerprint density at radius 3 is 2.37 bits per heavy atom. The third-order valence-electron chi connectivity index (χ3n) is 10.1. The number of carbonyl (C=O) groups excluding carboxylic acids is 3. The molecule has 2 aromatic carbocycles. The maximum Gasteiger partial charge on any atom is 0.416 e. The number of amides is 4. The van der Waals surface area contributed by atoms with Crippen molar-refractivity contribution in [1.82, 2.24) is 29.8 Å². The van der Waals surface area contributed by atoms with Gasteiger partial charge in [-0.25, -0.2) is 26.7 Å². The molecule has 1 N–H and O–H groups in total. The molecular formula is C33H30F8N6O4. The number of piperidine rings is 1. The minimum atomic E-state index is -5.01. The Hall–Kier alpha value is -4.58. The van der Waals surface area contributed by atoms with Crippen LogP contribution in [0.3, 0.4) is 0 Å². The lowest BCUT2D eigenvalue weighted by molar-refractivity contribution is -0.302. The van der Waals surface area contributed by atoms with E-state index in [1.807, 2.05) is 0 Å². The molecule has 4 aliphatic rings. The molecule has 3 aliphatic heterocycles. The number of benzene rings is 2. The fourth-order valence-corrected chi connectivity index (χ4v) is 7.31. The first-order chi connectivity index (χ1) is 23.9. The Balaban J connectivity index is 1.16. The average molecular weight is 727 g/mol. The highest BCUT2D eigenvalue weighted by molar-refractivity contribution is 6.10. The van der Waals surface area contributed by atoms with Gasteiger partial charge in [0.25, 0.3) is 17.8 Å². The van der Waals surface area contributed by atoms with Gasteiger partial charge in [-0.1, -0.05) is 24.3 Å². The van der Waals surface area contributed by atoms with Crippen LogP contribution in [0.15, 0.2) is 54.9 Å². The van der Waals surface area contributed by atoms with Gasteiger partial charge >= 0.3 is 12.2 Å². The van der Waals surface area contributed by atoms with Gasteiger partial charge in [0.05, 0.1) is 32.4 Å². The van der Waals surface area contributed by atoms with Crippen LogP contribution in [0, 0.1) is 5.82 Å². The zero-order chi connectivity index (χ0) is 36.7. The number of hydrogen-bond acceptors (Lipinski definition) is 6. The van der Waals surface area contributed by atoms with E-state index in [9.17, 15) is 40.7 Å². The van der Waals surface area contributed by atoms with Gasteiger partial charge in [0.1, 0.15) is 18.4 Å². The Morgan fingerprint density at radius 1 is 1.04 bits per heavy atom. The normalized spacial score (nSPS) is 25.1. The zero-order valence-corrected chi connectivity index (χ0v) is 26.8. The summed E-state index contributed by atoms with van der Waals surface area (Å²) in [6.45, 7) is -3.86. The van der Waals surface area contributed by atoms with E-state index in [-0.39, 0.29) is 28.7 Å². The smallest absolute Gasteiger partial charge is 0.376 e. The molecule has 1 aliphatic carbocycles. The third kappa shape index (κ3) is 5.62. The highest BCUT2D eigenvalue weighted by atomic mass is 19.4. The van der Waals surface area contributed by atoms with Gasteiger partial charge in [-0.15, -0.1) is 0 Å². The lowest BCUT2D eigenvalue weighted by Crippen LogP contribution is -2.72. The van der Waals surface area contributed by atoms with Crippen molar-refractivity contribution in [3.05, 3.63) is 77.4 Å². The topological polar surface area (TPSA) is 100 Å². The molecule has 4 amide bonds. The summed E-state index contributed by atoms with van der Waals surface area (Å²) < 4.78 is 124. The molecule has 4 heterocycles. The fourth-order valence-electron chi connectivity index (χ4n) is 7.31. The van der Waals surface area contributed by atoms with Crippen molar-refractivity contribution in [3.63, 3.8) is 0 Å². The maximum absolute atomic E-state index is 15.7. The molecule has 2 atom stereocenters. The van der Waals surface area contributed by atoms with Gasteiger partial charge in [-0.2, -0.15) is 18.3 Å². The highest BCUT2D eigenvalue weighted by Gasteiger charge is 2.67. The van der Waals surface area contributed by atoms with Crippen molar-refractivity contribution >= 4 is 17.8 Å². The van der Waals surface area contributed by atoms with Gasteiger partial charge in [-0.05, 0) is 48.4 Å². The van der Waals surface area contributed by atoms with E-state index in [2.05, 4.69) is 10.4 Å². The molecule has 3 fully saturated rings. The summed E-state index contributed by atoms with van der Waals surface area (Å²) in [7, 11) is 1.57. The lowest BCUT2D eigenvalue weighted by Gasteiger charge is -2.50. The van der Waals surface area contributed by atoms with Crippen LogP contribution in [0.4, 0.5) is 39.9 Å². The number of nitrogens with one attached hydrogen (secondary N) is 1. The Labute approximate surface area is 284 Å². The number of ether oxygens (including phenoxy) is 1. The van der Waals surface area contributed by atoms with E-state index < -0.39 is 104 Å². The molecular weight excluding hydrogens is 696 g/mol. The van der Waals surface area contributed by atoms with E-state index in [1.165, 1.54) is 41.6 Å². The Morgan fingerprint density at radius 2 is 1.75 bits per heavy atom. The predicted octanol–water partition coefficient (Wildman–Crippen LogP) is 4.80. The van der Waals surface area contributed by atoms with E-state index in [0.717, 1.165) is 22.9 Å². The summed E-state index contributed by atoms with van der Waals surface area (Å²) in [5, 5.41) is 6.32. The third-order valence-corrected chi connectivity index (χ3v) is 10.1. The summed E-state index contributed by atoms with van der Waals surface area (Å²) in [4.78, 5) is 42.8. The van der Waals surface area contributed by atoms with Crippen LogP contribution in [-0.2, 0) is 32.3 Å². The summed E-state index contributed by atoms with van der Waals surface area (Å²) in [5.41, 5.74) is -5.57. The number of alkyl halides is 7. The Kier molecular flexibility index (Phi) is 8.01. The van der Waals surface area contributed by atoms with Crippen LogP contribution in [0.25, 0.3) is 11.1 Å². The van der Waals surface area contributed by atoms with Crippen LogP contribution < -0.4 is 5.32 Å². The molecule has 0 radical (unpaired) electrons. The zero-order valence-electron chi connectivity index (χ0n) is 26.8. The first-order valence-electron chi connectivity index (χ1n) is 15.8. The SMILES string of the molecule is CN1CCC(n2cc(-c3ccc4c(c3)C(F)(F)C[C@]43NC(=O)N(CC(=O)N(Cc4ccc(F)cc4)C4(C(F)(F)F)COC4)C3=O)cn2)C(F)(F)C1. The molecule has 1 aromatic heterocycles. The summed E-state index contributed by atoms with van der Waals surface area (Å²) in [6, 6.07) is 5.40. The molecule has 0 saturated carbocycles. The number of carbonyl (C=O) groups is 3. The van der Waals surface area contributed by atoms with E-state index in [1.54, 1.807) is 7.05 Å². The van der Waals surface area contributed by atoms with Gasteiger partial charge < -0.3 is 19.9 Å². The standard InChI is InChI=1S/C33H30F8N6O4/c1-44-9-8-25(32(37,38)16-44)47-13-21(11-42-47)20-4-7-23-24(10-20)31(35,36)15-30(23)27(49)45(28(50)43-30)14-26(48)46(12-19-2-5-22(34)6-3-19)29(17-51-18-29)33(39,40)41/h2-7,10-11,13,25H,8-9,12,14-18H2,1H3,(H,43,50)/t25?,30-/m0/s1. The number of aromatic nitrogens is 2. The second kappa shape index (κ2) is 11.7. The van der Waals surface area contributed by atoms with E-state index >= 15 is 8.78 Å². The first kappa shape index (κ1) is 34.9. The molecule has 18 heteroatoms. The molecule has 272 valence electrons.